The molecule has 0 aliphatic rings. The average molecular weight is 370 g/mol. The maximum atomic E-state index is 14.5. The second-order valence-electron chi connectivity index (χ2n) is 6.22. The molecule has 2 rings (SSSR count). The molecule has 0 aromatic heterocycles. The van der Waals surface area contributed by atoms with Gasteiger partial charge in [-0.15, -0.1) is 0 Å². The molecule has 0 saturated carbocycles. The van der Waals surface area contributed by atoms with Gasteiger partial charge in [0.05, 0.1) is 13.2 Å². The van der Waals surface area contributed by atoms with Gasteiger partial charge in [0.2, 0.25) is 0 Å². The molecule has 0 aliphatic heterocycles. The van der Waals surface area contributed by atoms with Gasteiger partial charge in [-0.3, -0.25) is 4.57 Å². The van der Waals surface area contributed by atoms with Crippen LogP contribution in [0.15, 0.2) is 54.6 Å². The lowest BCUT2D eigenvalue weighted by Crippen LogP contribution is -2.30. The number of rotatable bonds is 9. The normalized spacial score (nSPS) is 14.4. The Morgan fingerprint density at radius 1 is 1.04 bits per heavy atom. The van der Waals surface area contributed by atoms with Gasteiger partial charge in [0, 0.05) is 18.4 Å². The first-order valence-electron chi connectivity index (χ1n) is 9.06. The first-order valence-corrected chi connectivity index (χ1v) is 10.8. The predicted octanol–water partition coefficient (Wildman–Crippen LogP) is 4.99. The Balaban J connectivity index is 2.60. The van der Waals surface area contributed by atoms with Crippen molar-refractivity contribution in [3.05, 3.63) is 60.2 Å². The van der Waals surface area contributed by atoms with Gasteiger partial charge in [-0.1, -0.05) is 56.3 Å². The lowest BCUT2D eigenvalue weighted by atomic mass is 10.1. The molecule has 2 aromatic rings. The number of nitriles is 1. The van der Waals surface area contributed by atoms with Crippen LogP contribution in [0.25, 0.3) is 0 Å². The van der Waals surface area contributed by atoms with Gasteiger partial charge in [-0.05, 0) is 30.5 Å². The minimum atomic E-state index is -3.14. The van der Waals surface area contributed by atoms with Crippen LogP contribution in [0.4, 0.5) is 0 Å². The summed E-state index contributed by atoms with van der Waals surface area (Å²) in [5, 5.41) is 10.7. The summed E-state index contributed by atoms with van der Waals surface area (Å²) in [4.78, 5) is 0. The van der Waals surface area contributed by atoms with Crippen LogP contribution in [0, 0.1) is 11.3 Å². The zero-order chi connectivity index (χ0) is 19.0. The summed E-state index contributed by atoms with van der Waals surface area (Å²) in [7, 11) is -1.53. The summed E-state index contributed by atoms with van der Waals surface area (Å²) < 4.78 is 21.7. The van der Waals surface area contributed by atoms with Crippen LogP contribution >= 0.6 is 7.29 Å². The Morgan fingerprint density at radius 2 is 1.62 bits per heavy atom. The number of nitrogens with zero attached hydrogens (tertiary/aromatic N) is 2. The lowest BCUT2D eigenvalue weighted by Gasteiger charge is -2.35. The van der Waals surface area contributed by atoms with Crippen molar-refractivity contribution in [1.29, 1.82) is 5.26 Å². The molecule has 138 valence electrons. The van der Waals surface area contributed by atoms with Crippen molar-refractivity contribution in [3.63, 3.8) is 0 Å². The van der Waals surface area contributed by atoms with E-state index < -0.39 is 13.0 Å². The smallest absolute Gasteiger partial charge is 0.199 e. The molecule has 0 fully saturated rings. The van der Waals surface area contributed by atoms with Crippen LogP contribution in [0.2, 0.25) is 0 Å². The van der Waals surface area contributed by atoms with E-state index in [1.165, 1.54) is 0 Å². The van der Waals surface area contributed by atoms with Crippen molar-refractivity contribution in [3.8, 4) is 11.8 Å². The quantitative estimate of drug-likeness (QED) is 0.584. The van der Waals surface area contributed by atoms with E-state index >= 15 is 0 Å². The van der Waals surface area contributed by atoms with E-state index in [0.717, 1.165) is 29.5 Å². The monoisotopic (exact) mass is 370 g/mol. The largest absolute Gasteiger partial charge is 0.497 e. The third-order valence-electron chi connectivity index (χ3n) is 4.41. The minimum Gasteiger partial charge on any atom is -0.497 e. The number of benzene rings is 2. The van der Waals surface area contributed by atoms with Crippen molar-refractivity contribution in [2.75, 3.05) is 20.2 Å². The first kappa shape index (κ1) is 20.2. The molecule has 26 heavy (non-hydrogen) atoms. The molecule has 0 spiro atoms. The Kier molecular flexibility index (Phi) is 7.45. The topological polar surface area (TPSA) is 53.3 Å². The second-order valence-corrected chi connectivity index (χ2v) is 9.06. The Morgan fingerprint density at radius 3 is 2.08 bits per heavy atom. The predicted molar refractivity (Wildman–Crippen MR) is 107 cm³/mol. The Bertz CT molecular complexity index is 763. The van der Waals surface area contributed by atoms with Crippen molar-refractivity contribution in [2.45, 2.75) is 32.3 Å². The molecule has 0 radical (unpaired) electrons. The van der Waals surface area contributed by atoms with Gasteiger partial charge < -0.3 is 4.74 Å². The van der Waals surface area contributed by atoms with Crippen molar-refractivity contribution < 1.29 is 9.30 Å². The van der Waals surface area contributed by atoms with E-state index in [1.807, 2.05) is 59.3 Å². The summed E-state index contributed by atoms with van der Waals surface area (Å²) in [5.74, 6) is 0.721. The fourth-order valence-corrected chi connectivity index (χ4v) is 6.46. The van der Waals surface area contributed by atoms with E-state index in [0.29, 0.717) is 13.1 Å². The summed E-state index contributed by atoms with van der Waals surface area (Å²) >= 11 is 0. The molecule has 0 heterocycles. The molecular formula is C21H27N2O2P. The van der Waals surface area contributed by atoms with E-state index in [2.05, 4.69) is 19.9 Å². The maximum Gasteiger partial charge on any atom is 0.199 e. The summed E-state index contributed by atoms with van der Waals surface area (Å²) in [6.07, 6.45) is 1.77. The van der Waals surface area contributed by atoms with Crippen LogP contribution in [0.3, 0.4) is 0 Å². The third kappa shape index (κ3) is 4.18. The fourth-order valence-electron chi connectivity index (χ4n) is 3.18. The standard InChI is InChI=1S/C21H27N2O2P/c1-4-15-23(16-5-2)26(24,20-9-7-6-8-10-20)21(17-22)18-11-13-19(25-3)14-12-18/h6-14,21H,4-5,15-16H2,1-3H3. The lowest BCUT2D eigenvalue weighted by molar-refractivity contribution is 0.410. The third-order valence-corrected chi connectivity index (χ3v) is 7.81. The molecule has 2 aromatic carbocycles. The molecule has 5 heteroatoms. The van der Waals surface area contributed by atoms with Crippen LogP contribution in [0.1, 0.15) is 37.9 Å². The highest BCUT2D eigenvalue weighted by molar-refractivity contribution is 7.70. The summed E-state index contributed by atoms with van der Waals surface area (Å²) in [6, 6.07) is 19.1. The van der Waals surface area contributed by atoms with Gasteiger partial charge in [0.15, 0.2) is 7.29 Å². The van der Waals surface area contributed by atoms with Gasteiger partial charge in [-0.2, -0.15) is 5.26 Å². The Labute approximate surface area is 156 Å². The number of hydrogen-bond donors (Lipinski definition) is 0. The summed E-state index contributed by atoms with van der Waals surface area (Å²) in [5.41, 5.74) is 0.0478. The van der Waals surface area contributed by atoms with Crippen molar-refractivity contribution >= 4 is 12.6 Å². The maximum absolute atomic E-state index is 14.5. The highest BCUT2D eigenvalue weighted by atomic mass is 31.2. The summed E-state index contributed by atoms with van der Waals surface area (Å²) in [6.45, 7) is 5.56. The van der Waals surface area contributed by atoms with E-state index in [-0.39, 0.29) is 0 Å². The van der Waals surface area contributed by atoms with Gasteiger partial charge in [0.1, 0.15) is 11.4 Å². The van der Waals surface area contributed by atoms with Crippen molar-refractivity contribution in [1.82, 2.24) is 4.67 Å². The number of ether oxygens (including phenoxy) is 1. The van der Waals surface area contributed by atoms with Crippen LogP contribution in [-0.2, 0) is 4.57 Å². The molecule has 2 atom stereocenters. The van der Waals surface area contributed by atoms with Crippen molar-refractivity contribution in [2.24, 2.45) is 0 Å². The van der Waals surface area contributed by atoms with Gasteiger partial charge >= 0.3 is 0 Å². The van der Waals surface area contributed by atoms with E-state index in [1.54, 1.807) is 7.11 Å². The second kappa shape index (κ2) is 9.57. The van der Waals surface area contributed by atoms with Gasteiger partial charge in [-0.25, -0.2) is 4.67 Å². The molecular weight excluding hydrogens is 343 g/mol. The minimum absolute atomic E-state index is 0.703. The van der Waals surface area contributed by atoms with E-state index in [4.69, 9.17) is 4.74 Å². The first-order chi connectivity index (χ1) is 12.6. The van der Waals surface area contributed by atoms with Crippen LogP contribution < -0.4 is 10.0 Å². The average Bonchev–Trinajstić information content (AvgIpc) is 2.69. The fraction of sp³-hybridized carbons (Fsp3) is 0.381. The molecule has 2 unspecified atom stereocenters. The number of methoxy groups -OCH3 is 1. The molecule has 0 amide bonds. The molecule has 0 aliphatic carbocycles. The van der Waals surface area contributed by atoms with Crippen LogP contribution in [-0.4, -0.2) is 24.9 Å². The Hall–Kier alpha value is -2.08. The SMILES string of the molecule is CCCN(CCC)P(=O)(c1ccccc1)C(C#N)c1ccc(OC)cc1. The number of hydrogen-bond acceptors (Lipinski definition) is 3. The molecule has 0 N–H and O–H groups in total. The highest BCUT2D eigenvalue weighted by Gasteiger charge is 2.41. The highest BCUT2D eigenvalue weighted by Crippen LogP contribution is 2.60. The zero-order valence-electron chi connectivity index (χ0n) is 15.8. The van der Waals surface area contributed by atoms with Gasteiger partial charge in [0.25, 0.3) is 0 Å². The van der Waals surface area contributed by atoms with E-state index in [9.17, 15) is 9.83 Å². The molecule has 4 nitrogen and oxygen atoms in total. The molecule has 0 bridgehead atoms. The van der Waals surface area contributed by atoms with Crippen LogP contribution in [0.5, 0.6) is 5.75 Å². The zero-order valence-corrected chi connectivity index (χ0v) is 16.7. The molecule has 0 saturated heterocycles.